The van der Waals surface area contributed by atoms with E-state index in [4.69, 9.17) is 4.42 Å². The Kier molecular flexibility index (Phi) is 5.32. The van der Waals surface area contributed by atoms with Crippen LogP contribution in [-0.2, 0) is 26.2 Å². The zero-order valence-electron chi connectivity index (χ0n) is 17.5. The molecule has 1 unspecified atom stereocenters. The highest BCUT2D eigenvalue weighted by atomic mass is 32.2. The highest BCUT2D eigenvalue weighted by Gasteiger charge is 2.47. The van der Waals surface area contributed by atoms with E-state index in [9.17, 15) is 18.0 Å². The third kappa shape index (κ3) is 3.83. The lowest BCUT2D eigenvalue weighted by Gasteiger charge is -2.26. The molecule has 7 nitrogen and oxygen atoms in total. The molecule has 166 valence electrons. The van der Waals surface area contributed by atoms with Gasteiger partial charge in [-0.3, -0.25) is 9.59 Å². The molecule has 0 N–H and O–H groups in total. The van der Waals surface area contributed by atoms with Crippen molar-refractivity contribution >= 4 is 38.3 Å². The van der Waals surface area contributed by atoms with E-state index in [1.54, 1.807) is 54.6 Å². The topological polar surface area (TPSA) is 87.9 Å². The van der Waals surface area contributed by atoms with Gasteiger partial charge in [0, 0.05) is 0 Å². The van der Waals surface area contributed by atoms with Gasteiger partial charge in [-0.25, -0.2) is 13.3 Å². The predicted octanol–water partition coefficient (Wildman–Crippen LogP) is 3.96. The second kappa shape index (κ2) is 8.31. The molecule has 1 aliphatic rings. The summed E-state index contributed by atoms with van der Waals surface area (Å²) < 4.78 is 34.0. The predicted molar refractivity (Wildman–Crippen MR) is 123 cm³/mol. The van der Waals surface area contributed by atoms with Crippen LogP contribution < -0.4 is 4.90 Å². The third-order valence-corrected chi connectivity index (χ3v) is 7.55. The average molecular weight is 461 g/mol. The molecule has 1 aliphatic heterocycles. The molecule has 8 heteroatoms. The van der Waals surface area contributed by atoms with E-state index in [1.807, 2.05) is 24.3 Å². The van der Waals surface area contributed by atoms with Crippen molar-refractivity contribution in [1.82, 2.24) is 4.31 Å². The second-order valence-electron chi connectivity index (χ2n) is 7.76. The summed E-state index contributed by atoms with van der Waals surface area (Å²) in [6.07, 6.45) is 1.19. The molecule has 1 fully saturated rings. The minimum atomic E-state index is -4.14. The Morgan fingerprint density at radius 2 is 1.61 bits per heavy atom. The SMILES string of the molecule is O=C1CC(N(Cc2ccco2)S(=O)(=O)c2ccc3ccccc3c2)C(=O)N1c1ccccc1. The average Bonchev–Trinajstić information content (AvgIpc) is 3.45. The Hall–Kier alpha value is -3.75. The van der Waals surface area contributed by atoms with E-state index in [0.29, 0.717) is 11.4 Å². The quantitative estimate of drug-likeness (QED) is 0.407. The zero-order chi connectivity index (χ0) is 23.0. The van der Waals surface area contributed by atoms with Gasteiger partial charge in [0.15, 0.2) is 0 Å². The van der Waals surface area contributed by atoms with E-state index in [2.05, 4.69) is 0 Å². The number of imide groups is 1. The van der Waals surface area contributed by atoms with Crippen LogP contribution in [0.5, 0.6) is 0 Å². The van der Waals surface area contributed by atoms with Gasteiger partial charge in [0.25, 0.3) is 5.91 Å². The van der Waals surface area contributed by atoms with Gasteiger partial charge in [-0.1, -0.05) is 48.5 Å². The van der Waals surface area contributed by atoms with Crippen LogP contribution in [0.2, 0.25) is 0 Å². The first-order chi connectivity index (χ1) is 15.9. The summed E-state index contributed by atoms with van der Waals surface area (Å²) in [5, 5.41) is 1.66. The van der Waals surface area contributed by atoms with Crippen LogP contribution in [0.4, 0.5) is 5.69 Å². The van der Waals surface area contributed by atoms with Crippen LogP contribution in [0.15, 0.2) is 101 Å². The standard InChI is InChI=1S/C25H20N2O5S/c28-24-16-23(25(29)27(24)20-9-2-1-3-10-20)26(17-21-11-6-14-32-21)33(30,31)22-13-12-18-7-4-5-8-19(18)15-22/h1-15,23H,16-17H2. The fourth-order valence-electron chi connectivity index (χ4n) is 4.07. The smallest absolute Gasteiger partial charge is 0.252 e. The zero-order valence-corrected chi connectivity index (χ0v) is 18.3. The molecule has 0 spiro atoms. The number of rotatable bonds is 6. The normalized spacial score (nSPS) is 16.8. The van der Waals surface area contributed by atoms with Gasteiger partial charge < -0.3 is 4.42 Å². The van der Waals surface area contributed by atoms with Crippen LogP contribution in [-0.4, -0.2) is 30.6 Å². The number of hydrogen-bond donors (Lipinski definition) is 0. The summed E-state index contributed by atoms with van der Waals surface area (Å²) in [5.74, 6) is -0.658. The third-order valence-electron chi connectivity index (χ3n) is 5.70. The monoisotopic (exact) mass is 460 g/mol. The van der Waals surface area contributed by atoms with Gasteiger partial charge in [0.2, 0.25) is 15.9 Å². The fraction of sp³-hybridized carbons (Fsp3) is 0.120. The first-order valence-electron chi connectivity index (χ1n) is 10.4. The van der Waals surface area contributed by atoms with Crippen LogP contribution >= 0.6 is 0 Å². The molecule has 1 aromatic heterocycles. The number of nitrogens with zero attached hydrogens (tertiary/aromatic N) is 2. The van der Waals surface area contributed by atoms with E-state index in [0.717, 1.165) is 20.0 Å². The van der Waals surface area contributed by atoms with Crippen molar-refractivity contribution in [2.45, 2.75) is 23.9 Å². The Morgan fingerprint density at radius 3 is 2.33 bits per heavy atom. The fourth-order valence-corrected chi connectivity index (χ4v) is 5.65. The second-order valence-corrected chi connectivity index (χ2v) is 9.65. The first-order valence-corrected chi connectivity index (χ1v) is 11.8. The van der Waals surface area contributed by atoms with Gasteiger partial charge in [-0.15, -0.1) is 0 Å². The lowest BCUT2D eigenvalue weighted by atomic mass is 10.1. The number of fused-ring (bicyclic) bond motifs is 1. The number of anilines is 1. The maximum atomic E-state index is 13.8. The molecule has 3 aromatic carbocycles. The van der Waals surface area contributed by atoms with Crippen molar-refractivity contribution in [2.75, 3.05) is 4.90 Å². The Labute approximate surface area is 190 Å². The van der Waals surface area contributed by atoms with Gasteiger partial charge in [0.05, 0.1) is 29.8 Å². The summed E-state index contributed by atoms with van der Waals surface area (Å²) in [7, 11) is -4.14. The van der Waals surface area contributed by atoms with Crippen LogP contribution in [0, 0.1) is 0 Å². The summed E-state index contributed by atoms with van der Waals surface area (Å²) >= 11 is 0. The van der Waals surface area contributed by atoms with Crippen molar-refractivity contribution in [1.29, 1.82) is 0 Å². The molecule has 0 bridgehead atoms. The highest BCUT2D eigenvalue weighted by molar-refractivity contribution is 7.89. The van der Waals surface area contributed by atoms with Gasteiger partial charge in [0.1, 0.15) is 11.8 Å². The highest BCUT2D eigenvalue weighted by Crippen LogP contribution is 2.31. The van der Waals surface area contributed by atoms with E-state index < -0.39 is 27.9 Å². The van der Waals surface area contributed by atoms with Crippen molar-refractivity contribution in [2.24, 2.45) is 0 Å². The maximum Gasteiger partial charge on any atom is 0.252 e. The Morgan fingerprint density at radius 1 is 0.879 bits per heavy atom. The summed E-state index contributed by atoms with van der Waals surface area (Å²) in [4.78, 5) is 27.2. The molecule has 1 saturated heterocycles. The molecule has 33 heavy (non-hydrogen) atoms. The summed E-state index contributed by atoms with van der Waals surface area (Å²) in [5.41, 5.74) is 0.413. The van der Waals surface area contributed by atoms with Crippen molar-refractivity contribution < 1.29 is 22.4 Å². The van der Waals surface area contributed by atoms with Gasteiger partial charge in [-0.05, 0) is 47.2 Å². The molecule has 1 atom stereocenters. The van der Waals surface area contributed by atoms with Crippen molar-refractivity contribution in [3.8, 4) is 0 Å². The molecule has 4 aromatic rings. The largest absolute Gasteiger partial charge is 0.468 e. The lowest BCUT2D eigenvalue weighted by molar-refractivity contribution is -0.122. The van der Waals surface area contributed by atoms with Crippen LogP contribution in [0.3, 0.4) is 0 Å². The van der Waals surface area contributed by atoms with Crippen LogP contribution in [0.1, 0.15) is 12.2 Å². The van der Waals surface area contributed by atoms with Crippen LogP contribution in [0.25, 0.3) is 10.8 Å². The minimum Gasteiger partial charge on any atom is -0.468 e. The molecule has 0 saturated carbocycles. The number of hydrogen-bond acceptors (Lipinski definition) is 5. The molecule has 2 amide bonds. The number of carbonyl (C=O) groups excluding carboxylic acids is 2. The molecule has 5 rings (SSSR count). The van der Waals surface area contributed by atoms with Gasteiger partial charge in [-0.2, -0.15) is 4.31 Å². The molecule has 0 aliphatic carbocycles. The molecular weight excluding hydrogens is 440 g/mol. The molecule has 0 radical (unpaired) electrons. The number of para-hydroxylation sites is 1. The van der Waals surface area contributed by atoms with E-state index >= 15 is 0 Å². The van der Waals surface area contributed by atoms with E-state index in [-0.39, 0.29) is 17.9 Å². The maximum absolute atomic E-state index is 13.8. The van der Waals surface area contributed by atoms with Crippen molar-refractivity contribution in [3.05, 3.63) is 97.0 Å². The first kappa shape index (κ1) is 21.1. The van der Waals surface area contributed by atoms with Gasteiger partial charge >= 0.3 is 0 Å². The number of sulfonamides is 1. The summed E-state index contributed by atoms with van der Waals surface area (Å²) in [6, 6.07) is 22.9. The van der Waals surface area contributed by atoms with E-state index in [1.165, 1.54) is 12.3 Å². The number of benzene rings is 3. The molecular formula is C25H20N2O5S. The number of carbonyl (C=O) groups is 2. The number of amides is 2. The molecule has 2 heterocycles. The summed E-state index contributed by atoms with van der Waals surface area (Å²) in [6.45, 7) is -0.172. The number of furan rings is 1. The lowest BCUT2D eigenvalue weighted by Crippen LogP contribution is -2.45. The Bertz CT molecular complexity index is 1430. The minimum absolute atomic E-state index is 0.0474. The van der Waals surface area contributed by atoms with Crippen molar-refractivity contribution in [3.63, 3.8) is 0 Å². The Balaban J connectivity index is 1.57.